The van der Waals surface area contributed by atoms with Crippen LogP contribution in [0.15, 0.2) is 29.2 Å². The van der Waals surface area contributed by atoms with Crippen molar-refractivity contribution in [1.29, 1.82) is 0 Å². The van der Waals surface area contributed by atoms with Gasteiger partial charge in [0.2, 0.25) is 15.9 Å². The molecule has 1 amide bonds. The van der Waals surface area contributed by atoms with Crippen molar-refractivity contribution < 1.29 is 23.1 Å². The van der Waals surface area contributed by atoms with Crippen LogP contribution in [0.3, 0.4) is 0 Å². The van der Waals surface area contributed by atoms with Gasteiger partial charge in [-0.1, -0.05) is 44.4 Å². The highest BCUT2D eigenvalue weighted by molar-refractivity contribution is 7.89. The summed E-state index contributed by atoms with van der Waals surface area (Å²) in [5.41, 5.74) is 0.840. The topological polar surface area (TPSA) is 87.2 Å². The lowest BCUT2D eigenvalue weighted by Gasteiger charge is -2.38. The molecule has 184 valence electrons. The fraction of sp³-hybridized carbons (Fsp3) is 0.640. The summed E-state index contributed by atoms with van der Waals surface area (Å²) in [5.74, 6) is 0.306. The zero-order valence-electron chi connectivity index (χ0n) is 20.2. The minimum Gasteiger partial charge on any atom is -0.487 e. The number of amides is 1. The van der Waals surface area contributed by atoms with E-state index < -0.39 is 16.1 Å². The van der Waals surface area contributed by atoms with Crippen molar-refractivity contribution in [2.75, 3.05) is 26.7 Å². The number of ether oxygens (including phenoxy) is 1. The molecule has 1 saturated carbocycles. The van der Waals surface area contributed by atoms with Gasteiger partial charge in [-0.15, -0.1) is 0 Å². The molecule has 33 heavy (non-hydrogen) atoms. The Morgan fingerprint density at radius 3 is 2.64 bits per heavy atom. The van der Waals surface area contributed by atoms with Gasteiger partial charge in [0.1, 0.15) is 16.7 Å². The Balaban J connectivity index is 1.95. The Hall–Kier alpha value is -1.90. The number of carbonyl (C=O) groups is 1. The highest BCUT2D eigenvalue weighted by Crippen LogP contribution is 2.35. The summed E-state index contributed by atoms with van der Waals surface area (Å²) in [6, 6.07) is 4.49. The van der Waals surface area contributed by atoms with Crippen molar-refractivity contribution >= 4 is 22.0 Å². The van der Waals surface area contributed by atoms with Crippen LogP contribution in [-0.4, -0.2) is 67.5 Å². The average molecular weight is 479 g/mol. The summed E-state index contributed by atoms with van der Waals surface area (Å²) in [6.45, 7) is 5.85. The van der Waals surface area contributed by atoms with Crippen LogP contribution in [0.2, 0.25) is 0 Å². The number of hydrogen-bond acceptors (Lipinski definition) is 5. The van der Waals surface area contributed by atoms with Gasteiger partial charge in [0.05, 0.1) is 13.2 Å². The number of likely N-dealkylation sites (N-methyl/N-ethyl adjacent to an activating group) is 1. The van der Waals surface area contributed by atoms with Crippen LogP contribution in [0, 0.1) is 11.8 Å². The Morgan fingerprint density at radius 2 is 2.00 bits per heavy atom. The monoisotopic (exact) mass is 478 g/mol. The molecule has 1 aromatic rings. The Morgan fingerprint density at radius 1 is 1.30 bits per heavy atom. The summed E-state index contributed by atoms with van der Waals surface area (Å²) in [4.78, 5) is 14.9. The molecule has 1 N–H and O–H groups in total. The van der Waals surface area contributed by atoms with Crippen molar-refractivity contribution in [2.24, 2.45) is 11.8 Å². The van der Waals surface area contributed by atoms with E-state index in [-0.39, 0.29) is 47.6 Å². The molecule has 3 atom stereocenters. The number of fused-ring (bicyclic) bond motifs is 1. The maximum atomic E-state index is 13.5. The van der Waals surface area contributed by atoms with E-state index in [1.165, 1.54) is 10.7 Å². The standard InChI is InChI=1S/C25H38N2O5S/c1-5-9-20-12-13-24-22(14-20)32-23(16-26(4)25(29)21-10-7-6-8-11-21)18(2)15-27(19(3)17-28)33(24,30)31/h5,9,12-14,18-19,21,23,28H,6-8,10-11,15-17H2,1-4H3/t18-,19+,23+/m1/s1. The van der Waals surface area contributed by atoms with Crippen LogP contribution in [0.4, 0.5) is 0 Å². The predicted molar refractivity (Wildman–Crippen MR) is 129 cm³/mol. The molecule has 1 heterocycles. The van der Waals surface area contributed by atoms with E-state index in [9.17, 15) is 18.3 Å². The Bertz CT molecular complexity index is 956. The largest absolute Gasteiger partial charge is 0.487 e. The van der Waals surface area contributed by atoms with Crippen LogP contribution in [0.1, 0.15) is 58.4 Å². The average Bonchev–Trinajstić information content (AvgIpc) is 2.81. The molecule has 1 fully saturated rings. The minimum absolute atomic E-state index is 0.0625. The van der Waals surface area contributed by atoms with E-state index in [4.69, 9.17) is 4.74 Å². The van der Waals surface area contributed by atoms with Gasteiger partial charge in [-0.25, -0.2) is 8.42 Å². The van der Waals surface area contributed by atoms with Crippen LogP contribution < -0.4 is 4.74 Å². The number of carbonyl (C=O) groups excluding carboxylic acids is 1. The Kier molecular flexibility index (Phi) is 8.59. The minimum atomic E-state index is -3.86. The van der Waals surface area contributed by atoms with E-state index in [2.05, 4.69) is 0 Å². The van der Waals surface area contributed by atoms with Crippen molar-refractivity contribution in [1.82, 2.24) is 9.21 Å². The number of rotatable bonds is 6. The van der Waals surface area contributed by atoms with Crippen LogP contribution >= 0.6 is 0 Å². The molecule has 0 bridgehead atoms. The molecular weight excluding hydrogens is 440 g/mol. The highest BCUT2D eigenvalue weighted by Gasteiger charge is 2.38. The van der Waals surface area contributed by atoms with E-state index in [1.807, 2.05) is 33.0 Å². The maximum Gasteiger partial charge on any atom is 0.247 e. The second-order valence-electron chi connectivity index (χ2n) is 9.50. The second kappa shape index (κ2) is 11.0. The predicted octanol–water partition coefficient (Wildman–Crippen LogP) is 3.53. The number of allylic oxidation sites excluding steroid dienone is 1. The number of benzene rings is 1. The number of nitrogens with zero attached hydrogens (tertiary/aromatic N) is 2. The van der Waals surface area contributed by atoms with Gasteiger partial charge in [-0.3, -0.25) is 4.79 Å². The first kappa shape index (κ1) is 25.7. The molecule has 0 aromatic heterocycles. The molecule has 2 aliphatic rings. The van der Waals surface area contributed by atoms with E-state index in [0.29, 0.717) is 6.54 Å². The molecule has 0 radical (unpaired) electrons. The molecule has 0 saturated heterocycles. The van der Waals surface area contributed by atoms with Crippen LogP contribution in [-0.2, 0) is 14.8 Å². The van der Waals surface area contributed by atoms with Gasteiger partial charge in [0.15, 0.2) is 0 Å². The van der Waals surface area contributed by atoms with Gasteiger partial charge < -0.3 is 14.7 Å². The number of aliphatic hydroxyl groups excluding tert-OH is 1. The molecule has 3 rings (SSSR count). The quantitative estimate of drug-likeness (QED) is 0.676. The summed E-state index contributed by atoms with van der Waals surface area (Å²) < 4.78 is 34.7. The molecule has 0 unspecified atom stereocenters. The Labute approximate surface area is 198 Å². The van der Waals surface area contributed by atoms with Crippen molar-refractivity contribution in [3.05, 3.63) is 29.8 Å². The zero-order valence-corrected chi connectivity index (χ0v) is 21.1. The van der Waals surface area contributed by atoms with Crippen molar-refractivity contribution in [3.63, 3.8) is 0 Å². The van der Waals surface area contributed by atoms with Gasteiger partial charge in [-0.2, -0.15) is 4.31 Å². The molecule has 8 heteroatoms. The van der Waals surface area contributed by atoms with E-state index in [0.717, 1.165) is 31.2 Å². The van der Waals surface area contributed by atoms with Gasteiger partial charge >= 0.3 is 0 Å². The summed E-state index contributed by atoms with van der Waals surface area (Å²) in [5, 5.41) is 9.76. The smallest absolute Gasteiger partial charge is 0.247 e. The van der Waals surface area contributed by atoms with Crippen molar-refractivity contribution in [3.8, 4) is 5.75 Å². The lowest BCUT2D eigenvalue weighted by Crippen LogP contribution is -2.50. The highest BCUT2D eigenvalue weighted by atomic mass is 32.2. The van der Waals surface area contributed by atoms with Crippen molar-refractivity contribution in [2.45, 2.75) is 69.9 Å². The van der Waals surface area contributed by atoms with E-state index >= 15 is 0 Å². The molecule has 1 aliphatic heterocycles. The fourth-order valence-corrected chi connectivity index (χ4v) is 6.60. The third-order valence-electron chi connectivity index (χ3n) is 6.83. The molecule has 1 aromatic carbocycles. The number of sulfonamides is 1. The van der Waals surface area contributed by atoms with Crippen LogP contribution in [0.5, 0.6) is 5.75 Å². The number of hydrogen-bond donors (Lipinski definition) is 1. The lowest BCUT2D eigenvalue weighted by molar-refractivity contribution is -0.136. The molecular formula is C25H38N2O5S. The number of aliphatic hydroxyl groups is 1. The van der Waals surface area contributed by atoms with E-state index in [1.54, 1.807) is 30.0 Å². The first-order valence-electron chi connectivity index (χ1n) is 12.0. The SMILES string of the molecule is CC=Cc1ccc2c(c1)O[C@@H](CN(C)C(=O)C1CCCCC1)[C@H](C)CN([C@@H](C)CO)S2(=O)=O. The normalized spacial score (nSPS) is 25.0. The third-order valence-corrected chi connectivity index (χ3v) is 8.85. The molecule has 0 spiro atoms. The first-order valence-corrected chi connectivity index (χ1v) is 13.4. The first-order chi connectivity index (χ1) is 15.7. The van der Waals surface area contributed by atoms with Gasteiger partial charge in [0, 0.05) is 31.5 Å². The lowest BCUT2D eigenvalue weighted by atomic mass is 9.88. The second-order valence-corrected chi connectivity index (χ2v) is 11.4. The van der Waals surface area contributed by atoms with Gasteiger partial charge in [-0.05, 0) is 44.4 Å². The molecule has 7 nitrogen and oxygen atoms in total. The maximum absolute atomic E-state index is 13.5. The summed E-state index contributed by atoms with van der Waals surface area (Å²) >= 11 is 0. The third kappa shape index (κ3) is 5.78. The molecule has 1 aliphatic carbocycles. The fourth-order valence-electron chi connectivity index (χ4n) is 4.78. The zero-order chi connectivity index (χ0) is 24.2. The summed E-state index contributed by atoms with van der Waals surface area (Å²) in [6.07, 6.45) is 8.62. The van der Waals surface area contributed by atoms with Crippen LogP contribution in [0.25, 0.3) is 6.08 Å². The van der Waals surface area contributed by atoms with Gasteiger partial charge in [0.25, 0.3) is 0 Å². The summed E-state index contributed by atoms with van der Waals surface area (Å²) in [7, 11) is -2.05.